The monoisotopic (exact) mass is 395 g/mol. The van der Waals surface area contributed by atoms with E-state index in [1.807, 2.05) is 6.07 Å². The lowest BCUT2D eigenvalue weighted by atomic mass is 10.1. The number of carbonyl (C=O) groups is 1. The zero-order valence-electron chi connectivity index (χ0n) is 14.2. The van der Waals surface area contributed by atoms with E-state index in [9.17, 15) is 13.6 Å². The minimum atomic E-state index is -3.01. The Morgan fingerprint density at radius 2 is 2.19 bits per heavy atom. The van der Waals surface area contributed by atoms with Gasteiger partial charge in [-0.15, -0.1) is 0 Å². The summed E-state index contributed by atoms with van der Waals surface area (Å²) < 4.78 is 31.1. The number of imidazole rings is 1. The van der Waals surface area contributed by atoms with Crippen molar-refractivity contribution in [1.29, 1.82) is 0 Å². The van der Waals surface area contributed by atoms with Gasteiger partial charge in [0.15, 0.2) is 11.4 Å². The largest absolute Gasteiger partial charge is 0.431 e. The Morgan fingerprint density at radius 3 is 2.89 bits per heavy atom. The molecule has 1 saturated carbocycles. The van der Waals surface area contributed by atoms with Crippen LogP contribution >= 0.6 is 11.6 Å². The molecule has 0 aromatic carbocycles. The van der Waals surface area contributed by atoms with E-state index in [4.69, 9.17) is 11.6 Å². The van der Waals surface area contributed by atoms with Crippen LogP contribution < -0.4 is 10.1 Å². The Morgan fingerprint density at radius 1 is 1.41 bits per heavy atom. The van der Waals surface area contributed by atoms with Gasteiger partial charge in [0, 0.05) is 30.4 Å². The van der Waals surface area contributed by atoms with E-state index in [1.165, 1.54) is 16.7 Å². The molecule has 1 atom stereocenters. The van der Waals surface area contributed by atoms with Crippen molar-refractivity contribution >= 4 is 29.0 Å². The Kier molecular flexibility index (Phi) is 4.47. The molecule has 7 nitrogen and oxygen atoms in total. The minimum absolute atomic E-state index is 0.154. The van der Waals surface area contributed by atoms with Gasteiger partial charge in [-0.2, -0.15) is 13.9 Å². The number of H-pyrrole nitrogens is 1. The van der Waals surface area contributed by atoms with Crippen molar-refractivity contribution < 1.29 is 18.3 Å². The van der Waals surface area contributed by atoms with Crippen molar-refractivity contribution in [2.45, 2.75) is 38.2 Å². The minimum Gasteiger partial charge on any atom is -0.431 e. The summed E-state index contributed by atoms with van der Waals surface area (Å²) in [7, 11) is 0. The number of rotatable bonds is 6. The highest BCUT2D eigenvalue weighted by Gasteiger charge is 2.27. The molecule has 0 aliphatic heterocycles. The maximum Gasteiger partial charge on any atom is 0.387 e. The summed E-state index contributed by atoms with van der Waals surface area (Å²) in [5.74, 6) is -0.0929. The molecule has 0 spiro atoms. The topological polar surface area (TPSA) is 84.3 Å². The molecule has 1 unspecified atom stereocenters. The predicted octanol–water partition coefficient (Wildman–Crippen LogP) is 3.93. The van der Waals surface area contributed by atoms with E-state index in [0.717, 1.165) is 18.5 Å². The zero-order valence-corrected chi connectivity index (χ0v) is 15.0. The van der Waals surface area contributed by atoms with E-state index < -0.39 is 12.5 Å². The number of anilines is 1. The lowest BCUT2D eigenvalue weighted by Gasteiger charge is -2.08. The molecule has 27 heavy (non-hydrogen) atoms. The van der Waals surface area contributed by atoms with Crippen LogP contribution in [-0.4, -0.2) is 32.1 Å². The first kappa shape index (κ1) is 17.7. The van der Waals surface area contributed by atoms with Crippen molar-refractivity contribution in [2.24, 2.45) is 0 Å². The highest BCUT2D eigenvalue weighted by Crippen LogP contribution is 2.39. The normalized spacial score (nSPS) is 15.3. The van der Waals surface area contributed by atoms with E-state index in [0.29, 0.717) is 17.4 Å². The maximum absolute atomic E-state index is 12.6. The summed E-state index contributed by atoms with van der Waals surface area (Å²) in [4.78, 5) is 16.8. The number of hydrogen-bond acceptors (Lipinski definition) is 4. The van der Waals surface area contributed by atoms with Crippen LogP contribution in [0.25, 0.3) is 5.65 Å². The van der Waals surface area contributed by atoms with E-state index in [2.05, 4.69) is 25.2 Å². The highest BCUT2D eigenvalue weighted by atomic mass is 35.5. The molecule has 2 N–H and O–H groups in total. The van der Waals surface area contributed by atoms with Crippen LogP contribution in [0.15, 0.2) is 24.5 Å². The van der Waals surface area contributed by atoms with Crippen LogP contribution in [0.4, 0.5) is 14.6 Å². The molecule has 1 aliphatic rings. The third-order valence-electron chi connectivity index (χ3n) is 4.41. The second-order valence-corrected chi connectivity index (χ2v) is 6.93. The molecule has 3 aromatic rings. The molecule has 0 saturated heterocycles. The number of nitrogens with zero attached hydrogens (tertiary/aromatic N) is 3. The molecule has 0 radical (unpaired) electrons. The lowest BCUT2D eigenvalue weighted by Crippen LogP contribution is -2.19. The fraction of sp³-hybridized carbons (Fsp3) is 0.353. The standard InChI is InChI=1S/C17H16ClF2N5O2/c1-8(16(26)22-14-5-11(23-24-14)9-2-3-9)12-7-25-6-10(18)4-13(15(25)21-12)27-17(19)20/h4-9,17H,2-3H2,1H3,(H2,22,23,24,26). The van der Waals surface area contributed by atoms with Crippen molar-refractivity contribution in [2.75, 3.05) is 5.32 Å². The number of hydrogen-bond donors (Lipinski definition) is 2. The van der Waals surface area contributed by atoms with Gasteiger partial charge in [-0.05, 0) is 19.8 Å². The van der Waals surface area contributed by atoms with Gasteiger partial charge in [-0.1, -0.05) is 11.6 Å². The zero-order chi connectivity index (χ0) is 19.1. The molecule has 0 bridgehead atoms. The van der Waals surface area contributed by atoms with Crippen LogP contribution in [0.2, 0.25) is 5.02 Å². The summed E-state index contributed by atoms with van der Waals surface area (Å²) in [5, 5.41) is 9.96. The van der Waals surface area contributed by atoms with Crippen molar-refractivity contribution in [3.63, 3.8) is 0 Å². The molecule has 1 amide bonds. The molecular weight excluding hydrogens is 380 g/mol. The fourth-order valence-electron chi connectivity index (χ4n) is 2.81. The number of amides is 1. The van der Waals surface area contributed by atoms with Crippen LogP contribution in [0.5, 0.6) is 5.75 Å². The summed E-state index contributed by atoms with van der Waals surface area (Å²) in [6.45, 7) is -1.33. The third-order valence-corrected chi connectivity index (χ3v) is 4.61. The Balaban J connectivity index is 1.55. The number of nitrogens with one attached hydrogen (secondary N) is 2. The Hall–Kier alpha value is -2.68. The number of alkyl halides is 2. The summed E-state index contributed by atoms with van der Waals surface area (Å²) in [6, 6.07) is 3.08. The van der Waals surface area contributed by atoms with Crippen LogP contribution in [-0.2, 0) is 4.79 Å². The van der Waals surface area contributed by atoms with Gasteiger partial charge >= 0.3 is 6.61 Å². The number of aromatic nitrogens is 4. The maximum atomic E-state index is 12.6. The highest BCUT2D eigenvalue weighted by molar-refractivity contribution is 6.30. The summed E-state index contributed by atoms with van der Waals surface area (Å²) in [5.41, 5.74) is 1.50. The Bertz CT molecular complexity index is 999. The number of halogens is 3. The number of carbonyl (C=O) groups excluding carboxylic acids is 1. The smallest absolute Gasteiger partial charge is 0.387 e. The van der Waals surface area contributed by atoms with Crippen LogP contribution in [0, 0.1) is 0 Å². The van der Waals surface area contributed by atoms with Crippen molar-refractivity contribution in [3.8, 4) is 5.75 Å². The molecule has 1 aliphatic carbocycles. The van der Waals surface area contributed by atoms with Gasteiger partial charge < -0.3 is 14.5 Å². The van der Waals surface area contributed by atoms with Crippen LogP contribution in [0.3, 0.4) is 0 Å². The number of ether oxygens (including phenoxy) is 1. The summed E-state index contributed by atoms with van der Waals surface area (Å²) in [6.07, 6.45) is 5.29. The fourth-order valence-corrected chi connectivity index (χ4v) is 3.01. The number of pyridine rings is 1. The lowest BCUT2D eigenvalue weighted by molar-refractivity contribution is -0.117. The van der Waals surface area contributed by atoms with Gasteiger partial charge in [0.2, 0.25) is 5.91 Å². The van der Waals surface area contributed by atoms with Gasteiger partial charge in [0.25, 0.3) is 0 Å². The first-order chi connectivity index (χ1) is 12.9. The van der Waals surface area contributed by atoms with Crippen molar-refractivity contribution in [3.05, 3.63) is 40.9 Å². The molecule has 1 fully saturated rings. The molecule has 4 rings (SSSR count). The van der Waals surface area contributed by atoms with E-state index in [-0.39, 0.29) is 22.3 Å². The molecular formula is C17H16ClF2N5O2. The molecule has 10 heteroatoms. The Labute approximate surface area is 157 Å². The molecule has 3 heterocycles. The average molecular weight is 396 g/mol. The second kappa shape index (κ2) is 6.80. The molecule has 142 valence electrons. The van der Waals surface area contributed by atoms with E-state index in [1.54, 1.807) is 13.1 Å². The quantitative estimate of drug-likeness (QED) is 0.662. The van der Waals surface area contributed by atoms with Gasteiger partial charge in [-0.25, -0.2) is 4.98 Å². The van der Waals surface area contributed by atoms with Gasteiger partial charge in [-0.3, -0.25) is 9.89 Å². The van der Waals surface area contributed by atoms with Gasteiger partial charge in [0.05, 0.1) is 22.3 Å². The SMILES string of the molecule is CC(C(=O)Nc1cc(C2CC2)n[nH]1)c1cn2cc(Cl)cc(OC(F)F)c2n1. The number of fused-ring (bicyclic) bond motifs is 1. The van der Waals surface area contributed by atoms with Gasteiger partial charge in [0.1, 0.15) is 5.82 Å². The average Bonchev–Trinajstić information content (AvgIpc) is 3.19. The number of aromatic amines is 1. The first-order valence-electron chi connectivity index (χ1n) is 8.40. The molecule has 3 aromatic heterocycles. The third kappa shape index (κ3) is 3.73. The second-order valence-electron chi connectivity index (χ2n) is 6.49. The first-order valence-corrected chi connectivity index (χ1v) is 8.77. The predicted molar refractivity (Wildman–Crippen MR) is 94.4 cm³/mol. The van der Waals surface area contributed by atoms with E-state index >= 15 is 0 Å². The summed E-state index contributed by atoms with van der Waals surface area (Å²) >= 11 is 5.94. The van der Waals surface area contributed by atoms with Crippen LogP contribution in [0.1, 0.15) is 43.0 Å². The van der Waals surface area contributed by atoms with Crippen molar-refractivity contribution in [1.82, 2.24) is 19.6 Å².